The Bertz CT molecular complexity index is 341. The summed E-state index contributed by atoms with van der Waals surface area (Å²) < 4.78 is 24.2. The Morgan fingerprint density at radius 3 is 2.84 bits per heavy atom. The molecule has 1 heterocycles. The number of hydrogen-bond acceptors (Lipinski definition) is 4. The van der Waals surface area contributed by atoms with Gasteiger partial charge in [-0.25, -0.2) is 14.2 Å². The zero-order chi connectivity index (χ0) is 14.5. The molecule has 1 aliphatic rings. The van der Waals surface area contributed by atoms with Gasteiger partial charge in [-0.3, -0.25) is 0 Å². The lowest BCUT2D eigenvalue weighted by molar-refractivity contribution is -0.145. The molecule has 4 nitrogen and oxygen atoms in total. The molecule has 0 amide bonds. The first-order chi connectivity index (χ1) is 8.85. The lowest BCUT2D eigenvalue weighted by Gasteiger charge is -2.19. The Labute approximate surface area is 121 Å². The van der Waals surface area contributed by atoms with E-state index in [0.717, 1.165) is 11.8 Å². The monoisotopic (exact) mass is 337 g/mol. The van der Waals surface area contributed by atoms with E-state index in [1.54, 1.807) is 6.92 Å². The van der Waals surface area contributed by atoms with Crippen LogP contribution in [0.2, 0.25) is 0 Å². The standard InChI is InChI=1S/C13H21BrFNO3/c1-4-18-12(17)10(7-13(2,3)15)16-11-6-5-9(8-14)19-11/h9-10H,4-8H2,1-3H3/t9?,10-/m0/s1. The van der Waals surface area contributed by atoms with Crippen molar-refractivity contribution in [2.45, 2.75) is 57.8 Å². The number of carbonyl (C=O) groups excluding carboxylic acids is 1. The molecule has 0 saturated carbocycles. The topological polar surface area (TPSA) is 47.9 Å². The molecule has 0 bridgehead atoms. The van der Waals surface area contributed by atoms with Crippen molar-refractivity contribution in [2.24, 2.45) is 4.99 Å². The van der Waals surface area contributed by atoms with E-state index in [0.29, 0.717) is 12.3 Å². The van der Waals surface area contributed by atoms with Crippen LogP contribution in [-0.2, 0) is 14.3 Å². The molecule has 6 heteroatoms. The average molecular weight is 338 g/mol. The minimum absolute atomic E-state index is 0.00231. The van der Waals surface area contributed by atoms with E-state index in [1.807, 2.05) is 0 Å². The molecule has 0 spiro atoms. The summed E-state index contributed by atoms with van der Waals surface area (Å²) in [7, 11) is 0. The maximum atomic E-state index is 13.7. The molecule has 110 valence electrons. The second-order valence-corrected chi connectivity index (χ2v) is 5.79. The van der Waals surface area contributed by atoms with Crippen molar-refractivity contribution in [2.75, 3.05) is 11.9 Å². The zero-order valence-electron chi connectivity index (χ0n) is 11.6. The molecule has 0 aromatic carbocycles. The number of aliphatic imine (C=N–C) groups is 1. The first kappa shape index (κ1) is 16.4. The molecule has 1 rings (SSSR count). The Hall–Kier alpha value is -0.650. The van der Waals surface area contributed by atoms with E-state index in [2.05, 4.69) is 20.9 Å². The van der Waals surface area contributed by atoms with Crippen LogP contribution >= 0.6 is 15.9 Å². The number of nitrogens with zero attached hydrogens (tertiary/aromatic N) is 1. The minimum atomic E-state index is -1.48. The van der Waals surface area contributed by atoms with Gasteiger partial charge in [0.15, 0.2) is 11.9 Å². The predicted molar refractivity (Wildman–Crippen MR) is 75.6 cm³/mol. The number of ether oxygens (including phenoxy) is 2. The lowest BCUT2D eigenvalue weighted by atomic mass is 10.0. The van der Waals surface area contributed by atoms with E-state index in [9.17, 15) is 9.18 Å². The van der Waals surface area contributed by atoms with Gasteiger partial charge in [-0.05, 0) is 27.2 Å². The van der Waals surface area contributed by atoms with Gasteiger partial charge in [0.2, 0.25) is 0 Å². The first-order valence-electron chi connectivity index (χ1n) is 6.50. The lowest BCUT2D eigenvalue weighted by Crippen LogP contribution is -2.30. The molecular weight excluding hydrogens is 317 g/mol. The van der Waals surface area contributed by atoms with Gasteiger partial charge in [0.1, 0.15) is 11.8 Å². The third-order valence-corrected chi connectivity index (χ3v) is 3.41. The van der Waals surface area contributed by atoms with Crippen LogP contribution in [0.5, 0.6) is 0 Å². The number of hydrogen-bond donors (Lipinski definition) is 0. The van der Waals surface area contributed by atoms with Gasteiger partial charge in [0.05, 0.1) is 6.61 Å². The summed E-state index contributed by atoms with van der Waals surface area (Å²) in [5.74, 6) is 0.0263. The summed E-state index contributed by atoms with van der Waals surface area (Å²) >= 11 is 3.34. The molecule has 0 aromatic heterocycles. The summed E-state index contributed by atoms with van der Waals surface area (Å²) in [5, 5.41) is 0.727. The number of halogens is 2. The van der Waals surface area contributed by atoms with Gasteiger partial charge in [0.25, 0.3) is 0 Å². The highest BCUT2D eigenvalue weighted by atomic mass is 79.9. The molecule has 0 radical (unpaired) electrons. The highest BCUT2D eigenvalue weighted by molar-refractivity contribution is 9.09. The predicted octanol–water partition coefficient (Wildman–Crippen LogP) is 3.03. The van der Waals surface area contributed by atoms with E-state index < -0.39 is 17.7 Å². The summed E-state index contributed by atoms with van der Waals surface area (Å²) in [4.78, 5) is 16.0. The number of esters is 1. The molecule has 1 fully saturated rings. The van der Waals surface area contributed by atoms with Crippen molar-refractivity contribution in [3.63, 3.8) is 0 Å². The van der Waals surface area contributed by atoms with Crippen LogP contribution in [-0.4, -0.2) is 41.6 Å². The Balaban J connectivity index is 2.74. The fraction of sp³-hybridized carbons (Fsp3) is 0.846. The van der Waals surface area contributed by atoms with E-state index in [-0.39, 0.29) is 19.1 Å². The highest BCUT2D eigenvalue weighted by Gasteiger charge is 2.30. The SMILES string of the molecule is CCOC(=O)[C@H](CC(C)(C)F)N=C1CCC(CBr)O1. The maximum Gasteiger partial charge on any atom is 0.331 e. The summed E-state index contributed by atoms with van der Waals surface area (Å²) in [6.07, 6.45) is 1.62. The summed E-state index contributed by atoms with van der Waals surface area (Å²) in [6.45, 7) is 4.83. The van der Waals surface area contributed by atoms with Crippen LogP contribution in [0.3, 0.4) is 0 Å². The third kappa shape index (κ3) is 5.89. The van der Waals surface area contributed by atoms with Gasteiger partial charge in [-0.15, -0.1) is 0 Å². The van der Waals surface area contributed by atoms with Gasteiger partial charge in [-0.1, -0.05) is 15.9 Å². The van der Waals surface area contributed by atoms with Crippen molar-refractivity contribution >= 4 is 27.8 Å². The fourth-order valence-corrected chi connectivity index (χ4v) is 2.31. The Morgan fingerprint density at radius 1 is 1.68 bits per heavy atom. The number of rotatable bonds is 6. The zero-order valence-corrected chi connectivity index (χ0v) is 13.2. The molecule has 1 aliphatic heterocycles. The van der Waals surface area contributed by atoms with Crippen LogP contribution in [0.1, 0.15) is 40.0 Å². The smallest absolute Gasteiger partial charge is 0.331 e. The molecule has 0 aromatic rings. The van der Waals surface area contributed by atoms with Crippen molar-refractivity contribution < 1.29 is 18.7 Å². The second-order valence-electron chi connectivity index (χ2n) is 5.15. The van der Waals surface area contributed by atoms with Crippen LogP contribution in [0.25, 0.3) is 0 Å². The second kappa shape index (κ2) is 7.22. The van der Waals surface area contributed by atoms with Crippen LogP contribution in [0.15, 0.2) is 4.99 Å². The first-order valence-corrected chi connectivity index (χ1v) is 7.62. The summed E-state index contributed by atoms with van der Waals surface area (Å²) in [5.41, 5.74) is -1.48. The van der Waals surface area contributed by atoms with Crippen molar-refractivity contribution in [1.29, 1.82) is 0 Å². The molecule has 0 aliphatic carbocycles. The molecule has 1 saturated heterocycles. The highest BCUT2D eigenvalue weighted by Crippen LogP contribution is 2.22. The van der Waals surface area contributed by atoms with Crippen LogP contribution in [0, 0.1) is 0 Å². The number of carbonyl (C=O) groups is 1. The molecule has 1 unspecified atom stereocenters. The minimum Gasteiger partial charge on any atom is -0.477 e. The van der Waals surface area contributed by atoms with Crippen LogP contribution < -0.4 is 0 Å². The van der Waals surface area contributed by atoms with Gasteiger partial charge in [0, 0.05) is 18.2 Å². The van der Waals surface area contributed by atoms with Gasteiger partial charge >= 0.3 is 5.97 Å². The number of alkyl halides is 2. The average Bonchev–Trinajstić information content (AvgIpc) is 2.74. The van der Waals surface area contributed by atoms with E-state index >= 15 is 0 Å². The maximum absolute atomic E-state index is 13.7. The Kier molecular flexibility index (Phi) is 6.23. The quantitative estimate of drug-likeness (QED) is 0.552. The van der Waals surface area contributed by atoms with E-state index in [1.165, 1.54) is 13.8 Å². The van der Waals surface area contributed by atoms with Gasteiger partial charge in [-0.2, -0.15) is 0 Å². The van der Waals surface area contributed by atoms with Crippen LogP contribution in [0.4, 0.5) is 4.39 Å². The molecule has 0 N–H and O–H groups in total. The largest absolute Gasteiger partial charge is 0.477 e. The summed E-state index contributed by atoms with van der Waals surface area (Å²) in [6, 6.07) is -0.830. The van der Waals surface area contributed by atoms with Crippen molar-refractivity contribution in [1.82, 2.24) is 0 Å². The molecule has 2 atom stereocenters. The van der Waals surface area contributed by atoms with E-state index in [4.69, 9.17) is 9.47 Å². The fourth-order valence-electron chi connectivity index (χ4n) is 1.85. The van der Waals surface area contributed by atoms with Gasteiger partial charge < -0.3 is 9.47 Å². The molecule has 19 heavy (non-hydrogen) atoms. The molecular formula is C13H21BrFNO3. The Morgan fingerprint density at radius 2 is 2.37 bits per heavy atom. The van der Waals surface area contributed by atoms with Crippen molar-refractivity contribution in [3.05, 3.63) is 0 Å². The normalized spacial score (nSPS) is 23.2. The van der Waals surface area contributed by atoms with Crippen molar-refractivity contribution in [3.8, 4) is 0 Å². The third-order valence-electron chi connectivity index (χ3n) is 2.69.